The number of nitrogens with zero attached hydrogens (tertiary/aromatic N) is 1. The standard InChI is InChI=1S/C20H19BrN2O2/c21-14-5-3-11(4-6-14)20-19-13-2-1-12(9-13)18(19)16-10-15(23(24)25)7-8-17(16)22-20/h3-8,10,12-13,18-20,22H,1-2,9H2/t12-,13-,18-,19+,20+/m0/s1. The van der Waals surface area contributed by atoms with E-state index in [1.54, 1.807) is 6.07 Å². The molecule has 0 unspecified atom stereocenters. The van der Waals surface area contributed by atoms with Crippen LogP contribution in [-0.4, -0.2) is 4.92 Å². The first-order valence-corrected chi connectivity index (χ1v) is 9.71. The lowest BCUT2D eigenvalue weighted by molar-refractivity contribution is -0.384. The van der Waals surface area contributed by atoms with Crippen molar-refractivity contribution in [3.05, 3.63) is 68.2 Å². The minimum atomic E-state index is -0.274. The topological polar surface area (TPSA) is 55.2 Å². The predicted molar refractivity (Wildman–Crippen MR) is 101 cm³/mol. The fraction of sp³-hybridized carbons (Fsp3) is 0.400. The maximum absolute atomic E-state index is 11.2. The molecule has 1 aliphatic heterocycles. The van der Waals surface area contributed by atoms with Crippen molar-refractivity contribution in [1.29, 1.82) is 0 Å². The lowest BCUT2D eigenvalue weighted by Gasteiger charge is -2.43. The Morgan fingerprint density at radius 2 is 1.84 bits per heavy atom. The fourth-order valence-corrected chi connectivity index (χ4v) is 5.85. The number of nitrogens with one attached hydrogen (secondary N) is 1. The van der Waals surface area contributed by atoms with E-state index < -0.39 is 0 Å². The summed E-state index contributed by atoms with van der Waals surface area (Å²) in [5.41, 5.74) is 3.77. The molecular weight excluding hydrogens is 380 g/mol. The molecule has 5 atom stereocenters. The Morgan fingerprint density at radius 1 is 1.08 bits per heavy atom. The summed E-state index contributed by atoms with van der Waals surface area (Å²) in [6, 6.07) is 14.2. The monoisotopic (exact) mass is 398 g/mol. The van der Waals surface area contributed by atoms with Gasteiger partial charge in [0, 0.05) is 22.3 Å². The molecule has 0 spiro atoms. The number of non-ortho nitro benzene ring substituents is 1. The second kappa shape index (κ2) is 5.56. The third-order valence-electron chi connectivity index (χ3n) is 6.51. The highest BCUT2D eigenvalue weighted by Gasteiger charge is 2.54. The molecule has 2 aromatic rings. The Kier molecular flexibility index (Phi) is 3.42. The van der Waals surface area contributed by atoms with Crippen molar-refractivity contribution in [1.82, 2.24) is 0 Å². The first-order valence-electron chi connectivity index (χ1n) is 8.92. The Balaban J connectivity index is 1.62. The number of anilines is 1. The van der Waals surface area contributed by atoms with Gasteiger partial charge in [-0.1, -0.05) is 28.1 Å². The Bertz CT molecular complexity index is 851. The summed E-state index contributed by atoms with van der Waals surface area (Å²) in [5.74, 6) is 2.39. The van der Waals surface area contributed by atoms with Crippen LogP contribution in [0.15, 0.2) is 46.9 Å². The number of nitro groups is 1. The third kappa shape index (κ3) is 2.32. The van der Waals surface area contributed by atoms with Crippen LogP contribution in [-0.2, 0) is 0 Å². The molecule has 0 saturated heterocycles. The average molecular weight is 399 g/mol. The highest BCUT2D eigenvalue weighted by atomic mass is 79.9. The zero-order valence-electron chi connectivity index (χ0n) is 13.7. The van der Waals surface area contributed by atoms with Crippen molar-refractivity contribution >= 4 is 27.3 Å². The van der Waals surface area contributed by atoms with E-state index in [0.29, 0.717) is 23.8 Å². The van der Waals surface area contributed by atoms with Crippen molar-refractivity contribution in [2.24, 2.45) is 17.8 Å². The molecule has 2 aromatic carbocycles. The van der Waals surface area contributed by atoms with E-state index in [-0.39, 0.29) is 10.6 Å². The van der Waals surface area contributed by atoms with Crippen LogP contribution in [0, 0.1) is 27.9 Å². The van der Waals surface area contributed by atoms with Gasteiger partial charge in [0.2, 0.25) is 0 Å². The van der Waals surface area contributed by atoms with Crippen LogP contribution in [0.1, 0.15) is 42.3 Å². The molecule has 1 heterocycles. The molecule has 2 saturated carbocycles. The zero-order valence-corrected chi connectivity index (χ0v) is 15.3. The minimum absolute atomic E-state index is 0.212. The molecule has 5 heteroatoms. The average Bonchev–Trinajstić information content (AvgIpc) is 3.23. The predicted octanol–water partition coefficient (Wildman–Crippen LogP) is 5.65. The van der Waals surface area contributed by atoms with Crippen LogP contribution >= 0.6 is 15.9 Å². The molecule has 3 aliphatic rings. The lowest BCUT2D eigenvalue weighted by atomic mass is 9.68. The maximum atomic E-state index is 11.2. The number of fused-ring (bicyclic) bond motifs is 7. The van der Waals surface area contributed by atoms with E-state index in [1.807, 2.05) is 12.1 Å². The highest BCUT2D eigenvalue weighted by molar-refractivity contribution is 9.10. The van der Waals surface area contributed by atoms with E-state index in [4.69, 9.17) is 0 Å². The molecule has 128 valence electrons. The minimum Gasteiger partial charge on any atom is -0.378 e. The van der Waals surface area contributed by atoms with Gasteiger partial charge in [0.25, 0.3) is 5.69 Å². The van der Waals surface area contributed by atoms with Gasteiger partial charge in [-0.2, -0.15) is 0 Å². The number of rotatable bonds is 2. The zero-order chi connectivity index (χ0) is 17.1. The molecule has 2 aliphatic carbocycles. The van der Waals surface area contributed by atoms with Gasteiger partial charge >= 0.3 is 0 Å². The van der Waals surface area contributed by atoms with Gasteiger partial charge in [-0.15, -0.1) is 0 Å². The summed E-state index contributed by atoms with van der Waals surface area (Å²) >= 11 is 3.52. The van der Waals surface area contributed by atoms with Gasteiger partial charge in [0.05, 0.1) is 11.0 Å². The van der Waals surface area contributed by atoms with Crippen LogP contribution in [0.3, 0.4) is 0 Å². The van der Waals surface area contributed by atoms with E-state index in [9.17, 15) is 10.1 Å². The molecule has 2 bridgehead atoms. The summed E-state index contributed by atoms with van der Waals surface area (Å²) in [7, 11) is 0. The lowest BCUT2D eigenvalue weighted by Crippen LogP contribution is -2.35. The van der Waals surface area contributed by atoms with E-state index >= 15 is 0 Å². The molecule has 2 fully saturated rings. The van der Waals surface area contributed by atoms with Gasteiger partial charge in [-0.25, -0.2) is 0 Å². The second-order valence-electron chi connectivity index (χ2n) is 7.64. The fourth-order valence-electron chi connectivity index (χ4n) is 5.59. The second-order valence-corrected chi connectivity index (χ2v) is 8.55. The summed E-state index contributed by atoms with van der Waals surface area (Å²) < 4.78 is 1.09. The Morgan fingerprint density at radius 3 is 2.60 bits per heavy atom. The van der Waals surface area contributed by atoms with Crippen molar-refractivity contribution in [3.63, 3.8) is 0 Å². The van der Waals surface area contributed by atoms with Gasteiger partial charge in [-0.05, 0) is 72.3 Å². The van der Waals surface area contributed by atoms with E-state index in [2.05, 4.69) is 45.5 Å². The van der Waals surface area contributed by atoms with Gasteiger partial charge in [0.1, 0.15) is 0 Å². The van der Waals surface area contributed by atoms with Gasteiger partial charge in [0.15, 0.2) is 0 Å². The molecular formula is C20H19BrN2O2. The quantitative estimate of drug-likeness (QED) is 0.524. The largest absolute Gasteiger partial charge is 0.378 e. The highest BCUT2D eigenvalue weighted by Crippen LogP contribution is 2.63. The first kappa shape index (κ1) is 15.4. The number of halogens is 1. The Hall–Kier alpha value is -1.88. The number of benzene rings is 2. The van der Waals surface area contributed by atoms with Crippen LogP contribution in [0.4, 0.5) is 11.4 Å². The van der Waals surface area contributed by atoms with Crippen molar-refractivity contribution in [2.75, 3.05) is 5.32 Å². The van der Waals surface area contributed by atoms with Crippen molar-refractivity contribution in [2.45, 2.75) is 31.2 Å². The normalized spacial score (nSPS) is 32.0. The van der Waals surface area contributed by atoms with Gasteiger partial charge < -0.3 is 5.32 Å². The summed E-state index contributed by atoms with van der Waals surface area (Å²) in [6.45, 7) is 0. The molecule has 25 heavy (non-hydrogen) atoms. The molecule has 0 amide bonds. The van der Waals surface area contributed by atoms with Crippen LogP contribution in [0.25, 0.3) is 0 Å². The summed E-state index contributed by atoms with van der Waals surface area (Å²) in [6.07, 6.45) is 3.83. The van der Waals surface area contributed by atoms with Crippen LogP contribution < -0.4 is 5.32 Å². The van der Waals surface area contributed by atoms with E-state index in [1.165, 1.54) is 30.4 Å². The van der Waals surface area contributed by atoms with Crippen molar-refractivity contribution < 1.29 is 4.92 Å². The molecule has 0 aromatic heterocycles. The van der Waals surface area contributed by atoms with Crippen LogP contribution in [0.5, 0.6) is 0 Å². The Labute approximate surface area is 154 Å². The molecule has 0 radical (unpaired) electrons. The number of hydrogen-bond donors (Lipinski definition) is 1. The number of nitro benzene ring substituents is 1. The maximum Gasteiger partial charge on any atom is 0.269 e. The van der Waals surface area contributed by atoms with Crippen molar-refractivity contribution in [3.8, 4) is 0 Å². The first-order chi connectivity index (χ1) is 12.1. The summed E-state index contributed by atoms with van der Waals surface area (Å²) in [4.78, 5) is 11.0. The van der Waals surface area contributed by atoms with E-state index in [0.717, 1.165) is 16.1 Å². The number of hydrogen-bond acceptors (Lipinski definition) is 3. The molecule has 5 rings (SSSR count). The van der Waals surface area contributed by atoms with Gasteiger partial charge in [-0.3, -0.25) is 10.1 Å². The molecule has 1 N–H and O–H groups in total. The molecule has 4 nitrogen and oxygen atoms in total. The van der Waals surface area contributed by atoms with Crippen LogP contribution in [0.2, 0.25) is 0 Å². The third-order valence-corrected chi connectivity index (χ3v) is 7.04. The SMILES string of the molecule is O=[N+]([O-])c1ccc2c(c1)[C@@H]1[C@H]3CC[C@@H](C3)[C@H]1[C@@H](c1ccc(Br)cc1)N2. The smallest absolute Gasteiger partial charge is 0.269 e. The summed E-state index contributed by atoms with van der Waals surface area (Å²) in [5, 5.41) is 15.0.